The Bertz CT molecular complexity index is 1660. The molecular formula is C40H57N5O7. The van der Waals surface area contributed by atoms with E-state index in [9.17, 15) is 24.3 Å². The molecule has 0 radical (unpaired) electrons. The fourth-order valence-electron chi connectivity index (χ4n) is 8.76. The van der Waals surface area contributed by atoms with Gasteiger partial charge in [0.05, 0.1) is 26.2 Å². The highest BCUT2D eigenvalue weighted by molar-refractivity contribution is 5.97. The summed E-state index contributed by atoms with van der Waals surface area (Å²) in [6.07, 6.45) is 0.357. The van der Waals surface area contributed by atoms with Crippen molar-refractivity contribution < 1.29 is 33.9 Å². The van der Waals surface area contributed by atoms with Gasteiger partial charge in [0, 0.05) is 57.3 Å². The van der Waals surface area contributed by atoms with Crippen molar-refractivity contribution in [2.24, 2.45) is 29.1 Å². The predicted molar refractivity (Wildman–Crippen MR) is 199 cm³/mol. The molecule has 1 unspecified atom stereocenters. The molecule has 2 aromatic carbocycles. The van der Waals surface area contributed by atoms with Crippen molar-refractivity contribution >= 4 is 29.4 Å². The Morgan fingerprint density at radius 2 is 1.85 bits per heavy atom. The van der Waals surface area contributed by atoms with Crippen molar-refractivity contribution in [3.8, 4) is 11.1 Å². The number of amides is 3. The lowest BCUT2D eigenvalue weighted by atomic mass is 9.45. The van der Waals surface area contributed by atoms with Crippen LogP contribution in [0.3, 0.4) is 0 Å². The minimum absolute atomic E-state index is 0.0152. The molecule has 284 valence electrons. The molecular weight excluding hydrogens is 662 g/mol. The number of hydrogen-bond donors (Lipinski definition) is 4. The van der Waals surface area contributed by atoms with Crippen LogP contribution in [-0.2, 0) is 30.5 Å². The number of methoxy groups -OCH3 is 1. The maximum atomic E-state index is 14.4. The van der Waals surface area contributed by atoms with E-state index < -0.39 is 30.1 Å². The fraction of sp³-hybridized carbons (Fsp3) is 0.600. The van der Waals surface area contributed by atoms with Crippen LogP contribution in [0.2, 0.25) is 0 Å². The van der Waals surface area contributed by atoms with E-state index in [0.29, 0.717) is 23.3 Å². The molecule has 8 atom stereocenters. The molecule has 12 nitrogen and oxygen atoms in total. The van der Waals surface area contributed by atoms with Crippen LogP contribution < -0.4 is 20.9 Å². The number of fused-ring (bicyclic) bond motifs is 2. The Balaban J connectivity index is 1.44. The number of hydrogen-bond acceptors (Lipinski definition) is 9. The standard InChI is InChI=1S/C40H57N5O7/c1-22-25(11-10-12-30(22)26-15-27(38(49)41-6)17-29(16-26)44(7)8)21-45-37(39(50)43-32-19-28-18-31(23(32)2)40(28,4)5)36(24(3)46)33(52-45)20-42-34(47)13-14-35(48)51-9/h10-12,15-17,23-24,28,31-33,36-37,46H,13-14,18-21H2,1-9H3,(H,41,49)(H,42,47)(H,43,50)/t23-,24-,28-,31+,32?,33-,36+,37-/m0/s1. The summed E-state index contributed by atoms with van der Waals surface area (Å²) in [5, 5.41) is 21.8. The Kier molecular flexibility index (Phi) is 12.0. The van der Waals surface area contributed by atoms with Gasteiger partial charge < -0.3 is 30.7 Å². The number of ether oxygens (including phenoxy) is 1. The van der Waals surface area contributed by atoms with Crippen LogP contribution in [0.4, 0.5) is 5.69 Å². The highest BCUT2D eigenvalue weighted by atomic mass is 16.7. The van der Waals surface area contributed by atoms with Crippen molar-refractivity contribution in [1.29, 1.82) is 0 Å². The highest BCUT2D eigenvalue weighted by Crippen LogP contribution is 2.61. The Morgan fingerprint density at radius 3 is 2.46 bits per heavy atom. The molecule has 3 saturated carbocycles. The summed E-state index contributed by atoms with van der Waals surface area (Å²) in [6, 6.07) is 10.9. The van der Waals surface area contributed by atoms with Crippen LogP contribution in [-0.4, -0.2) is 92.9 Å². The minimum Gasteiger partial charge on any atom is -0.469 e. The molecule has 6 rings (SSSR count). The number of nitrogens with one attached hydrogen (secondary N) is 3. The molecule has 4 aliphatic rings. The minimum atomic E-state index is -0.932. The zero-order chi connectivity index (χ0) is 38.1. The largest absolute Gasteiger partial charge is 0.469 e. The second-order valence-corrected chi connectivity index (χ2v) is 15.8. The lowest BCUT2D eigenvalue weighted by Gasteiger charge is -2.62. The van der Waals surface area contributed by atoms with Crippen LogP contribution in [0.25, 0.3) is 11.1 Å². The van der Waals surface area contributed by atoms with Gasteiger partial charge in [-0.3, -0.25) is 24.0 Å². The first-order valence-electron chi connectivity index (χ1n) is 18.5. The average molecular weight is 720 g/mol. The summed E-state index contributed by atoms with van der Waals surface area (Å²) in [5.41, 5.74) is 5.37. The molecule has 1 aliphatic heterocycles. The zero-order valence-electron chi connectivity index (χ0n) is 32.1. The van der Waals surface area contributed by atoms with Crippen LogP contribution >= 0.6 is 0 Å². The monoisotopic (exact) mass is 719 g/mol. The molecule has 2 aromatic rings. The lowest BCUT2D eigenvalue weighted by molar-refractivity contribution is -0.177. The number of aliphatic hydroxyl groups excluding tert-OH is 1. The third-order valence-electron chi connectivity index (χ3n) is 12.2. The molecule has 2 bridgehead atoms. The topological polar surface area (TPSA) is 150 Å². The van der Waals surface area contributed by atoms with E-state index >= 15 is 0 Å². The van der Waals surface area contributed by atoms with Gasteiger partial charge in [0.1, 0.15) is 12.1 Å². The SMILES string of the molecule is CNC(=O)c1cc(-c2cccc(CN3O[C@@H](CNC(=O)CCC(=O)OC)[C@@H]([C@H](C)O)[C@H]3C(=O)NC3C[C@@H]4C[C@H]([C@@H]3C)C4(C)C)c2C)cc(N(C)C)c1. The van der Waals surface area contributed by atoms with Crippen molar-refractivity contribution in [3.63, 3.8) is 0 Å². The van der Waals surface area contributed by atoms with Gasteiger partial charge in [-0.2, -0.15) is 5.06 Å². The number of rotatable bonds is 13. The summed E-state index contributed by atoms with van der Waals surface area (Å²) < 4.78 is 4.66. The van der Waals surface area contributed by atoms with Crippen molar-refractivity contribution in [3.05, 3.63) is 53.1 Å². The summed E-state index contributed by atoms with van der Waals surface area (Å²) in [7, 11) is 6.75. The maximum Gasteiger partial charge on any atom is 0.306 e. The number of carbonyl (C=O) groups is 4. The third-order valence-corrected chi connectivity index (χ3v) is 12.2. The van der Waals surface area contributed by atoms with E-state index in [0.717, 1.165) is 34.4 Å². The van der Waals surface area contributed by atoms with Crippen LogP contribution in [0.5, 0.6) is 0 Å². The summed E-state index contributed by atoms with van der Waals surface area (Å²) in [6.45, 7) is 10.8. The maximum absolute atomic E-state index is 14.4. The molecule has 0 spiro atoms. The molecule has 3 amide bonds. The van der Waals surface area contributed by atoms with Crippen LogP contribution in [0, 0.1) is 36.0 Å². The van der Waals surface area contributed by atoms with Crippen LogP contribution in [0.1, 0.15) is 74.9 Å². The van der Waals surface area contributed by atoms with Gasteiger partial charge in [-0.25, -0.2) is 0 Å². The summed E-state index contributed by atoms with van der Waals surface area (Å²) in [4.78, 5) is 59.9. The Hall–Kier alpha value is -4.00. The quantitative estimate of drug-likeness (QED) is 0.227. The molecule has 4 N–H and O–H groups in total. The van der Waals surface area contributed by atoms with E-state index in [4.69, 9.17) is 4.84 Å². The number of esters is 1. The fourth-order valence-corrected chi connectivity index (χ4v) is 8.76. The summed E-state index contributed by atoms with van der Waals surface area (Å²) in [5.74, 6) is -0.472. The molecule has 12 heteroatoms. The number of benzene rings is 2. The smallest absolute Gasteiger partial charge is 0.306 e. The van der Waals surface area contributed by atoms with Gasteiger partial charge in [-0.05, 0) is 90.3 Å². The number of anilines is 1. The predicted octanol–water partition coefficient (Wildman–Crippen LogP) is 3.83. The number of carbonyl (C=O) groups excluding carboxylic acids is 4. The lowest BCUT2D eigenvalue weighted by Crippen LogP contribution is -2.62. The van der Waals surface area contributed by atoms with Crippen molar-refractivity contribution in [1.82, 2.24) is 21.0 Å². The van der Waals surface area contributed by atoms with Gasteiger partial charge in [0.2, 0.25) is 11.8 Å². The van der Waals surface area contributed by atoms with E-state index in [1.165, 1.54) is 13.5 Å². The first-order valence-corrected chi connectivity index (χ1v) is 18.5. The van der Waals surface area contributed by atoms with Crippen LogP contribution in [0.15, 0.2) is 36.4 Å². The first kappa shape index (κ1) is 39.2. The second kappa shape index (κ2) is 15.9. The van der Waals surface area contributed by atoms with Gasteiger partial charge in [-0.15, -0.1) is 0 Å². The Labute approximate surface area is 307 Å². The van der Waals surface area contributed by atoms with Crippen molar-refractivity contribution in [2.75, 3.05) is 39.7 Å². The van der Waals surface area contributed by atoms with Gasteiger partial charge in [-0.1, -0.05) is 39.0 Å². The number of hydroxylamine groups is 2. The molecule has 0 aromatic heterocycles. The second-order valence-electron chi connectivity index (χ2n) is 15.8. The average Bonchev–Trinajstić information content (AvgIpc) is 3.48. The third kappa shape index (κ3) is 7.99. The molecule has 52 heavy (non-hydrogen) atoms. The van der Waals surface area contributed by atoms with E-state index in [-0.39, 0.29) is 55.1 Å². The number of aliphatic hydroxyl groups is 1. The normalized spacial score (nSPS) is 26.8. The van der Waals surface area contributed by atoms with Gasteiger partial charge in [0.15, 0.2) is 0 Å². The van der Waals surface area contributed by atoms with Crippen molar-refractivity contribution in [2.45, 2.75) is 91.1 Å². The molecule has 4 fully saturated rings. The zero-order valence-corrected chi connectivity index (χ0v) is 32.1. The number of nitrogens with zero attached hydrogens (tertiary/aromatic N) is 2. The van der Waals surface area contributed by atoms with Gasteiger partial charge in [0.25, 0.3) is 5.91 Å². The summed E-state index contributed by atoms with van der Waals surface area (Å²) >= 11 is 0. The molecule has 1 heterocycles. The first-order chi connectivity index (χ1) is 24.6. The van der Waals surface area contributed by atoms with Gasteiger partial charge >= 0.3 is 5.97 Å². The van der Waals surface area contributed by atoms with E-state index in [1.807, 2.05) is 62.3 Å². The highest BCUT2D eigenvalue weighted by Gasteiger charge is 2.57. The molecule has 3 aliphatic carbocycles. The van der Waals surface area contributed by atoms with E-state index in [1.54, 1.807) is 19.0 Å². The molecule has 1 saturated heterocycles. The Morgan fingerprint density at radius 1 is 1.12 bits per heavy atom. The van der Waals surface area contributed by atoms with E-state index in [2.05, 4.69) is 41.5 Å².